The van der Waals surface area contributed by atoms with Gasteiger partial charge in [0.05, 0.1) is 13.2 Å². The Morgan fingerprint density at radius 2 is 1.67 bits per heavy atom. The van der Waals surface area contributed by atoms with E-state index in [1.807, 2.05) is 38.1 Å². The number of nitrogens with one attached hydrogen (secondary N) is 1. The van der Waals surface area contributed by atoms with Crippen molar-refractivity contribution in [3.05, 3.63) is 64.7 Å². The molecule has 1 aliphatic heterocycles. The van der Waals surface area contributed by atoms with Crippen LogP contribution in [-0.2, 0) is 0 Å². The van der Waals surface area contributed by atoms with Crippen molar-refractivity contribution in [2.24, 2.45) is 0 Å². The van der Waals surface area contributed by atoms with Crippen molar-refractivity contribution in [2.45, 2.75) is 39.2 Å². The van der Waals surface area contributed by atoms with Gasteiger partial charge in [0.1, 0.15) is 5.75 Å². The summed E-state index contributed by atoms with van der Waals surface area (Å²) in [5.74, 6) is 0.854. The van der Waals surface area contributed by atoms with E-state index in [0.29, 0.717) is 6.54 Å². The van der Waals surface area contributed by atoms with E-state index in [1.54, 1.807) is 7.11 Å². The van der Waals surface area contributed by atoms with Crippen LogP contribution in [0.25, 0.3) is 0 Å². The third-order valence-electron chi connectivity index (χ3n) is 5.27. The van der Waals surface area contributed by atoms with Crippen LogP contribution in [0.3, 0.4) is 0 Å². The fraction of sp³-hybridized carbons (Fsp3) is 0.435. The van der Waals surface area contributed by atoms with Crippen LogP contribution in [0.15, 0.2) is 42.5 Å². The number of benzene rings is 2. The molecule has 144 valence electrons. The molecule has 4 heteroatoms. The molecule has 1 amide bonds. The lowest BCUT2D eigenvalue weighted by atomic mass is 10.0. The van der Waals surface area contributed by atoms with Gasteiger partial charge >= 0.3 is 0 Å². The second-order valence-corrected chi connectivity index (χ2v) is 7.47. The highest BCUT2D eigenvalue weighted by Gasteiger charge is 2.23. The van der Waals surface area contributed by atoms with Gasteiger partial charge in [-0.15, -0.1) is 0 Å². The Kier molecular flexibility index (Phi) is 6.51. The van der Waals surface area contributed by atoms with Crippen molar-refractivity contribution in [1.82, 2.24) is 10.2 Å². The molecule has 1 aliphatic rings. The Morgan fingerprint density at radius 1 is 1.04 bits per heavy atom. The van der Waals surface area contributed by atoms with Gasteiger partial charge in [0.15, 0.2) is 0 Å². The molecule has 1 fully saturated rings. The van der Waals surface area contributed by atoms with E-state index in [0.717, 1.165) is 35.5 Å². The molecule has 1 saturated heterocycles. The Morgan fingerprint density at radius 3 is 2.26 bits per heavy atom. The van der Waals surface area contributed by atoms with Crippen LogP contribution in [0, 0.1) is 13.8 Å². The van der Waals surface area contributed by atoms with Crippen LogP contribution in [0.5, 0.6) is 5.75 Å². The van der Waals surface area contributed by atoms with Gasteiger partial charge < -0.3 is 10.1 Å². The lowest BCUT2D eigenvalue weighted by molar-refractivity contribution is 0.0924. The number of rotatable bonds is 6. The van der Waals surface area contributed by atoms with Gasteiger partial charge in [0.25, 0.3) is 5.91 Å². The number of likely N-dealkylation sites (tertiary alicyclic amines) is 1. The minimum Gasteiger partial charge on any atom is -0.497 e. The molecule has 1 N–H and O–H groups in total. The predicted octanol–water partition coefficient (Wildman–Crippen LogP) is 4.27. The summed E-state index contributed by atoms with van der Waals surface area (Å²) in [6.45, 7) is 6.82. The predicted molar refractivity (Wildman–Crippen MR) is 109 cm³/mol. The molecule has 1 heterocycles. The summed E-state index contributed by atoms with van der Waals surface area (Å²) in [5, 5.41) is 3.17. The first-order valence-corrected chi connectivity index (χ1v) is 9.81. The topological polar surface area (TPSA) is 41.6 Å². The molecular weight excluding hydrogens is 336 g/mol. The smallest absolute Gasteiger partial charge is 0.251 e. The molecule has 2 aromatic carbocycles. The number of amides is 1. The van der Waals surface area contributed by atoms with Gasteiger partial charge in [0.2, 0.25) is 0 Å². The molecule has 1 atom stereocenters. The Hall–Kier alpha value is -2.33. The zero-order chi connectivity index (χ0) is 19.2. The van der Waals surface area contributed by atoms with Crippen LogP contribution in [0.2, 0.25) is 0 Å². The fourth-order valence-corrected chi connectivity index (χ4v) is 3.91. The van der Waals surface area contributed by atoms with Crippen LogP contribution >= 0.6 is 0 Å². The molecule has 1 unspecified atom stereocenters. The third-order valence-corrected chi connectivity index (χ3v) is 5.27. The highest BCUT2D eigenvalue weighted by Crippen LogP contribution is 2.26. The lowest BCUT2D eigenvalue weighted by Gasteiger charge is -2.35. The Bertz CT molecular complexity index is 744. The van der Waals surface area contributed by atoms with Crippen molar-refractivity contribution >= 4 is 5.91 Å². The maximum atomic E-state index is 12.7. The van der Waals surface area contributed by atoms with Crippen LogP contribution in [0.1, 0.15) is 52.4 Å². The molecule has 0 saturated carbocycles. The lowest BCUT2D eigenvalue weighted by Crippen LogP contribution is -2.40. The van der Waals surface area contributed by atoms with E-state index in [2.05, 4.69) is 28.4 Å². The number of hydrogen-bond donors (Lipinski definition) is 1. The zero-order valence-corrected chi connectivity index (χ0v) is 16.6. The highest BCUT2D eigenvalue weighted by molar-refractivity contribution is 5.94. The minimum atomic E-state index is -0.00248. The minimum absolute atomic E-state index is 0.00248. The summed E-state index contributed by atoms with van der Waals surface area (Å²) < 4.78 is 5.29. The largest absolute Gasteiger partial charge is 0.497 e. The SMILES string of the molecule is COc1ccc(C(CNC(=O)c2cc(C)cc(C)c2)N2CCCCC2)cc1. The van der Waals surface area contributed by atoms with Gasteiger partial charge in [0, 0.05) is 12.1 Å². The van der Waals surface area contributed by atoms with Crippen molar-refractivity contribution in [3.63, 3.8) is 0 Å². The van der Waals surface area contributed by atoms with Crippen molar-refractivity contribution < 1.29 is 9.53 Å². The molecule has 4 nitrogen and oxygen atoms in total. The average Bonchev–Trinajstić information content (AvgIpc) is 2.68. The highest BCUT2D eigenvalue weighted by atomic mass is 16.5. The molecular formula is C23H30N2O2. The van der Waals surface area contributed by atoms with Gasteiger partial charge in [-0.1, -0.05) is 35.7 Å². The standard InChI is InChI=1S/C23H30N2O2/c1-17-13-18(2)15-20(14-17)23(26)24-16-22(25-11-5-4-6-12-25)19-7-9-21(27-3)10-8-19/h7-10,13-15,22H,4-6,11-12,16H2,1-3H3,(H,24,26). The molecule has 3 rings (SSSR count). The van der Waals surface area contributed by atoms with Crippen molar-refractivity contribution in [3.8, 4) is 5.75 Å². The van der Waals surface area contributed by atoms with Gasteiger partial charge in [-0.25, -0.2) is 0 Å². The first-order valence-electron chi connectivity index (χ1n) is 9.81. The van der Waals surface area contributed by atoms with E-state index < -0.39 is 0 Å². The Labute approximate surface area is 162 Å². The number of methoxy groups -OCH3 is 1. The first kappa shape index (κ1) is 19.4. The summed E-state index contributed by atoms with van der Waals surface area (Å²) in [7, 11) is 1.68. The van der Waals surface area contributed by atoms with Crippen LogP contribution < -0.4 is 10.1 Å². The summed E-state index contributed by atoms with van der Waals surface area (Å²) in [6.07, 6.45) is 3.73. The van der Waals surface area contributed by atoms with Gasteiger partial charge in [-0.3, -0.25) is 9.69 Å². The number of ether oxygens (including phenoxy) is 1. The zero-order valence-electron chi connectivity index (χ0n) is 16.6. The number of carbonyl (C=O) groups is 1. The molecule has 0 radical (unpaired) electrons. The summed E-state index contributed by atoms with van der Waals surface area (Å²) in [4.78, 5) is 15.2. The molecule has 0 spiro atoms. The summed E-state index contributed by atoms with van der Waals surface area (Å²) >= 11 is 0. The second-order valence-electron chi connectivity index (χ2n) is 7.47. The van der Waals surface area contributed by atoms with E-state index in [-0.39, 0.29) is 11.9 Å². The molecule has 2 aromatic rings. The average molecular weight is 367 g/mol. The molecule has 0 aromatic heterocycles. The van der Waals surface area contributed by atoms with Crippen molar-refractivity contribution in [1.29, 1.82) is 0 Å². The number of nitrogens with zero attached hydrogens (tertiary/aromatic N) is 1. The quantitative estimate of drug-likeness (QED) is 0.830. The normalized spacial score (nSPS) is 16.0. The van der Waals surface area contributed by atoms with Crippen molar-refractivity contribution in [2.75, 3.05) is 26.7 Å². The molecule has 0 aliphatic carbocycles. The fourth-order valence-electron chi connectivity index (χ4n) is 3.91. The maximum absolute atomic E-state index is 12.7. The van der Waals surface area contributed by atoms with E-state index >= 15 is 0 Å². The number of hydrogen-bond acceptors (Lipinski definition) is 3. The molecule has 27 heavy (non-hydrogen) atoms. The Balaban J connectivity index is 1.75. The van der Waals surface area contributed by atoms with Crippen LogP contribution in [-0.4, -0.2) is 37.6 Å². The monoisotopic (exact) mass is 366 g/mol. The number of carbonyl (C=O) groups excluding carboxylic acids is 1. The number of aryl methyl sites for hydroxylation is 2. The van der Waals surface area contributed by atoms with E-state index in [1.165, 1.54) is 24.8 Å². The third kappa shape index (κ3) is 5.10. The second kappa shape index (κ2) is 9.05. The van der Waals surface area contributed by atoms with Gasteiger partial charge in [-0.05, 0) is 69.6 Å². The summed E-state index contributed by atoms with van der Waals surface area (Å²) in [5.41, 5.74) is 4.18. The first-order chi connectivity index (χ1) is 13.1. The maximum Gasteiger partial charge on any atom is 0.251 e. The van der Waals surface area contributed by atoms with E-state index in [4.69, 9.17) is 4.74 Å². The number of piperidine rings is 1. The van der Waals surface area contributed by atoms with E-state index in [9.17, 15) is 4.79 Å². The van der Waals surface area contributed by atoms with Gasteiger partial charge in [-0.2, -0.15) is 0 Å². The van der Waals surface area contributed by atoms with Crippen LogP contribution in [0.4, 0.5) is 0 Å². The summed E-state index contributed by atoms with van der Waals surface area (Å²) in [6, 6.07) is 14.4. The molecule has 0 bridgehead atoms.